The van der Waals surface area contributed by atoms with Gasteiger partial charge >= 0.3 is 0 Å². The number of benzene rings is 1. The molecule has 4 rings (SSSR count). The molecule has 0 radical (unpaired) electrons. The van der Waals surface area contributed by atoms with Crippen molar-refractivity contribution in [2.75, 3.05) is 13.1 Å². The lowest BCUT2D eigenvalue weighted by Crippen LogP contribution is -2.49. The van der Waals surface area contributed by atoms with E-state index in [4.69, 9.17) is 0 Å². The molecule has 0 spiro atoms. The summed E-state index contributed by atoms with van der Waals surface area (Å²) in [6.45, 7) is 5.69. The van der Waals surface area contributed by atoms with Gasteiger partial charge in [-0.1, -0.05) is 19.9 Å². The molecule has 1 aromatic carbocycles. The van der Waals surface area contributed by atoms with Crippen LogP contribution >= 0.6 is 0 Å². The van der Waals surface area contributed by atoms with E-state index in [9.17, 15) is 14.0 Å². The molecule has 0 bridgehead atoms. The van der Waals surface area contributed by atoms with Crippen LogP contribution < -0.4 is 5.32 Å². The minimum atomic E-state index is -0.545. The highest BCUT2D eigenvalue weighted by Crippen LogP contribution is 2.45. The largest absolute Gasteiger partial charge is 0.350 e. The summed E-state index contributed by atoms with van der Waals surface area (Å²) in [6.07, 6.45) is 1.82. The molecular formula is C20H24FN3O2. The van der Waals surface area contributed by atoms with Crippen LogP contribution in [0.4, 0.5) is 4.39 Å². The molecule has 2 fully saturated rings. The van der Waals surface area contributed by atoms with Crippen molar-refractivity contribution in [3.8, 4) is 0 Å². The lowest BCUT2D eigenvalue weighted by Gasteiger charge is -2.26. The number of likely N-dealkylation sites (tertiary alicyclic amines) is 1. The number of aromatic amines is 1. The number of nitrogens with zero attached hydrogens (tertiary/aromatic N) is 1. The summed E-state index contributed by atoms with van der Waals surface area (Å²) in [6, 6.07) is 5.64. The molecule has 1 aliphatic carbocycles. The molecule has 1 aliphatic heterocycles. The summed E-state index contributed by atoms with van der Waals surface area (Å²) in [5.41, 5.74) is 0.845. The Balaban J connectivity index is 1.51. The van der Waals surface area contributed by atoms with Crippen molar-refractivity contribution >= 4 is 22.7 Å². The standard InChI is InChI=1S/C20H24FN3O2/c1-11(2)6-18(20(26)24-9-12-7-13(12)10-24)23-19(25)17-8-14-15(21)4-3-5-16(14)22-17/h3-5,8,11-13,18,22H,6-7,9-10H2,1-2H3,(H,23,25)/t12-,13+,18-/m0/s1. The molecule has 2 N–H and O–H groups in total. The Labute approximate surface area is 151 Å². The summed E-state index contributed by atoms with van der Waals surface area (Å²) in [5, 5.41) is 3.25. The summed E-state index contributed by atoms with van der Waals surface area (Å²) in [5.74, 6) is 0.855. The third-order valence-corrected chi connectivity index (χ3v) is 5.46. The molecule has 2 heterocycles. The molecule has 6 heteroatoms. The van der Waals surface area contributed by atoms with Gasteiger partial charge in [0.2, 0.25) is 5.91 Å². The van der Waals surface area contributed by atoms with E-state index >= 15 is 0 Å². The first-order valence-electron chi connectivity index (χ1n) is 9.29. The zero-order valence-electron chi connectivity index (χ0n) is 15.1. The van der Waals surface area contributed by atoms with E-state index in [1.54, 1.807) is 12.1 Å². The predicted octanol–water partition coefficient (Wildman–Crippen LogP) is 2.93. The minimum absolute atomic E-state index is 0.00143. The minimum Gasteiger partial charge on any atom is -0.350 e. The quantitative estimate of drug-likeness (QED) is 0.864. The zero-order valence-corrected chi connectivity index (χ0v) is 15.1. The van der Waals surface area contributed by atoms with Gasteiger partial charge in [-0.15, -0.1) is 0 Å². The molecule has 5 nitrogen and oxygen atoms in total. The summed E-state index contributed by atoms with van der Waals surface area (Å²) in [7, 11) is 0. The third kappa shape index (κ3) is 3.20. The Hall–Kier alpha value is -2.37. The van der Waals surface area contributed by atoms with Gasteiger partial charge in [0.1, 0.15) is 17.6 Å². The molecule has 3 atom stereocenters. The highest BCUT2D eigenvalue weighted by Gasteiger charge is 2.47. The molecule has 1 saturated carbocycles. The number of amides is 2. The number of fused-ring (bicyclic) bond motifs is 2. The second-order valence-corrected chi connectivity index (χ2v) is 8.04. The zero-order chi connectivity index (χ0) is 18.4. The fourth-order valence-electron chi connectivity index (χ4n) is 3.97. The van der Waals surface area contributed by atoms with E-state index in [2.05, 4.69) is 10.3 Å². The first-order chi connectivity index (χ1) is 12.4. The van der Waals surface area contributed by atoms with E-state index in [1.165, 1.54) is 18.6 Å². The molecule has 0 unspecified atom stereocenters. The lowest BCUT2D eigenvalue weighted by molar-refractivity contribution is -0.133. The van der Waals surface area contributed by atoms with Crippen molar-refractivity contribution in [3.05, 3.63) is 35.8 Å². The molecule has 26 heavy (non-hydrogen) atoms. The normalized spacial score (nSPS) is 22.5. The lowest BCUT2D eigenvalue weighted by atomic mass is 10.0. The maximum absolute atomic E-state index is 13.9. The first kappa shape index (κ1) is 17.1. The number of carbonyl (C=O) groups is 2. The molecule has 1 aromatic heterocycles. The Morgan fingerprint density at radius 3 is 2.69 bits per heavy atom. The smallest absolute Gasteiger partial charge is 0.268 e. The van der Waals surface area contributed by atoms with Crippen molar-refractivity contribution in [2.45, 2.75) is 32.7 Å². The van der Waals surface area contributed by atoms with Crippen molar-refractivity contribution in [1.29, 1.82) is 0 Å². The summed E-state index contributed by atoms with van der Waals surface area (Å²) in [4.78, 5) is 30.4. The Kier molecular flexibility index (Phi) is 4.21. The molecule has 138 valence electrons. The van der Waals surface area contributed by atoms with Crippen LogP contribution in [0, 0.1) is 23.6 Å². The van der Waals surface area contributed by atoms with Gasteiger partial charge in [-0.05, 0) is 48.8 Å². The number of rotatable bonds is 5. The van der Waals surface area contributed by atoms with Crippen LogP contribution in [0.2, 0.25) is 0 Å². The van der Waals surface area contributed by atoms with E-state index < -0.39 is 6.04 Å². The second kappa shape index (κ2) is 6.41. The molecule has 2 amide bonds. The Bertz CT molecular complexity index is 850. The Morgan fingerprint density at radius 2 is 2.04 bits per heavy atom. The van der Waals surface area contributed by atoms with Gasteiger partial charge in [0.25, 0.3) is 5.91 Å². The number of halogens is 1. The first-order valence-corrected chi connectivity index (χ1v) is 9.29. The van der Waals surface area contributed by atoms with Gasteiger partial charge in [0, 0.05) is 24.0 Å². The van der Waals surface area contributed by atoms with Gasteiger partial charge < -0.3 is 15.2 Å². The molecule has 1 saturated heterocycles. The number of nitrogens with one attached hydrogen (secondary N) is 2. The fraction of sp³-hybridized carbons (Fsp3) is 0.500. The van der Waals surface area contributed by atoms with E-state index in [0.29, 0.717) is 29.2 Å². The van der Waals surface area contributed by atoms with Crippen molar-refractivity contribution in [3.63, 3.8) is 0 Å². The second-order valence-electron chi connectivity index (χ2n) is 8.04. The van der Waals surface area contributed by atoms with Crippen LogP contribution in [-0.4, -0.2) is 40.8 Å². The topological polar surface area (TPSA) is 65.2 Å². The van der Waals surface area contributed by atoms with Crippen LogP contribution in [0.3, 0.4) is 0 Å². The van der Waals surface area contributed by atoms with E-state index in [0.717, 1.165) is 13.1 Å². The third-order valence-electron chi connectivity index (χ3n) is 5.46. The molecule has 2 aliphatic rings. The number of carbonyl (C=O) groups excluding carboxylic acids is 2. The fourth-order valence-corrected chi connectivity index (χ4v) is 3.97. The predicted molar refractivity (Wildman–Crippen MR) is 97.1 cm³/mol. The Morgan fingerprint density at radius 1 is 1.31 bits per heavy atom. The van der Waals surface area contributed by atoms with Crippen LogP contribution in [0.15, 0.2) is 24.3 Å². The van der Waals surface area contributed by atoms with Gasteiger partial charge in [0.15, 0.2) is 0 Å². The van der Waals surface area contributed by atoms with Crippen molar-refractivity contribution in [2.24, 2.45) is 17.8 Å². The average molecular weight is 357 g/mol. The van der Waals surface area contributed by atoms with Crippen molar-refractivity contribution < 1.29 is 14.0 Å². The van der Waals surface area contributed by atoms with Crippen molar-refractivity contribution in [1.82, 2.24) is 15.2 Å². The maximum atomic E-state index is 13.9. The van der Waals surface area contributed by atoms with Gasteiger partial charge in [-0.25, -0.2) is 4.39 Å². The van der Waals surface area contributed by atoms with Gasteiger partial charge in [0.05, 0.1) is 0 Å². The van der Waals surface area contributed by atoms with E-state index in [1.807, 2.05) is 18.7 Å². The highest BCUT2D eigenvalue weighted by atomic mass is 19.1. The van der Waals surface area contributed by atoms with Crippen LogP contribution in [0.1, 0.15) is 37.2 Å². The van der Waals surface area contributed by atoms with Crippen LogP contribution in [-0.2, 0) is 4.79 Å². The number of piperidine rings is 1. The average Bonchev–Trinajstić information content (AvgIpc) is 3.02. The van der Waals surface area contributed by atoms with Gasteiger partial charge in [-0.3, -0.25) is 9.59 Å². The number of aromatic nitrogens is 1. The van der Waals surface area contributed by atoms with Crippen LogP contribution in [0.25, 0.3) is 10.9 Å². The SMILES string of the molecule is CC(C)C[C@H](NC(=O)c1cc2c(F)cccc2[nH]1)C(=O)N1C[C@H]2C[C@H]2C1. The summed E-state index contributed by atoms with van der Waals surface area (Å²) >= 11 is 0. The highest BCUT2D eigenvalue weighted by molar-refractivity contribution is 6.00. The number of H-pyrrole nitrogens is 1. The molecular weight excluding hydrogens is 333 g/mol. The molecule has 2 aromatic rings. The monoisotopic (exact) mass is 357 g/mol. The maximum Gasteiger partial charge on any atom is 0.268 e. The van der Waals surface area contributed by atoms with Gasteiger partial charge in [-0.2, -0.15) is 0 Å². The van der Waals surface area contributed by atoms with E-state index in [-0.39, 0.29) is 29.2 Å². The van der Waals surface area contributed by atoms with Crippen LogP contribution in [0.5, 0.6) is 0 Å². The number of hydrogen-bond acceptors (Lipinski definition) is 2. The number of hydrogen-bond donors (Lipinski definition) is 2. The summed E-state index contributed by atoms with van der Waals surface area (Å²) < 4.78 is 13.9.